The molecule has 0 saturated carbocycles. The third kappa shape index (κ3) is 2.89. The van der Waals surface area contributed by atoms with E-state index in [1.54, 1.807) is 0 Å². The van der Waals surface area contributed by atoms with Gasteiger partial charge in [0, 0.05) is 12.0 Å². The second-order valence-electron chi connectivity index (χ2n) is 3.54. The summed E-state index contributed by atoms with van der Waals surface area (Å²) in [5, 5.41) is 0. The molecule has 0 radical (unpaired) electrons. The molecule has 0 amide bonds. The molecule has 0 saturated heterocycles. The summed E-state index contributed by atoms with van der Waals surface area (Å²) in [4.78, 5) is 19.0. The van der Waals surface area contributed by atoms with Crippen LogP contribution in [0.3, 0.4) is 0 Å². The number of nitrogens with two attached hydrogens (primary N) is 1. The molecule has 4 heteroatoms. The average Bonchev–Trinajstić information content (AvgIpc) is 2.26. The standard InChI is InChI=1S/C11H19N3O/c1-3-9-8(6-5-7-12)11(15)14-10(4-2)13-9/h3-7,12H2,1-2H3,(H,13,14,15). The minimum Gasteiger partial charge on any atom is -0.330 e. The summed E-state index contributed by atoms with van der Waals surface area (Å²) in [7, 11) is 0. The molecule has 0 atom stereocenters. The first kappa shape index (κ1) is 11.9. The molecule has 0 aliphatic carbocycles. The van der Waals surface area contributed by atoms with Gasteiger partial charge in [0.05, 0.1) is 5.69 Å². The van der Waals surface area contributed by atoms with Gasteiger partial charge >= 0.3 is 0 Å². The summed E-state index contributed by atoms with van der Waals surface area (Å²) in [5.41, 5.74) is 7.17. The second kappa shape index (κ2) is 5.66. The molecular weight excluding hydrogens is 190 g/mol. The number of aryl methyl sites for hydroxylation is 2. The summed E-state index contributed by atoms with van der Waals surface area (Å²) in [5.74, 6) is 0.772. The lowest BCUT2D eigenvalue weighted by atomic mass is 10.1. The predicted octanol–water partition coefficient (Wildman–Crippen LogP) is 0.786. The fourth-order valence-electron chi connectivity index (χ4n) is 1.59. The Morgan fingerprint density at radius 2 is 2.07 bits per heavy atom. The van der Waals surface area contributed by atoms with E-state index in [-0.39, 0.29) is 5.56 Å². The number of hydrogen-bond acceptors (Lipinski definition) is 3. The van der Waals surface area contributed by atoms with Crippen LogP contribution >= 0.6 is 0 Å². The van der Waals surface area contributed by atoms with Gasteiger partial charge in [0.1, 0.15) is 5.82 Å². The molecule has 0 aromatic carbocycles. The zero-order valence-electron chi connectivity index (χ0n) is 9.47. The van der Waals surface area contributed by atoms with Crippen molar-refractivity contribution in [3.05, 3.63) is 27.4 Å². The Morgan fingerprint density at radius 3 is 2.60 bits per heavy atom. The lowest BCUT2D eigenvalue weighted by Gasteiger charge is -2.07. The number of H-pyrrole nitrogens is 1. The molecule has 0 spiro atoms. The SMILES string of the molecule is CCc1nc(CC)c(CCCN)c(=O)[nH]1. The highest BCUT2D eigenvalue weighted by molar-refractivity contribution is 5.18. The predicted molar refractivity (Wildman–Crippen MR) is 61.0 cm³/mol. The zero-order chi connectivity index (χ0) is 11.3. The van der Waals surface area contributed by atoms with E-state index in [0.29, 0.717) is 6.54 Å². The molecule has 1 rings (SSSR count). The van der Waals surface area contributed by atoms with Gasteiger partial charge in [0.25, 0.3) is 5.56 Å². The van der Waals surface area contributed by atoms with Crippen LogP contribution in [0.2, 0.25) is 0 Å². The first-order chi connectivity index (χ1) is 7.22. The van der Waals surface area contributed by atoms with Gasteiger partial charge in [-0.25, -0.2) is 4.98 Å². The van der Waals surface area contributed by atoms with Crippen LogP contribution in [-0.2, 0) is 19.3 Å². The van der Waals surface area contributed by atoms with E-state index in [4.69, 9.17) is 5.73 Å². The topological polar surface area (TPSA) is 71.8 Å². The smallest absolute Gasteiger partial charge is 0.254 e. The van der Waals surface area contributed by atoms with Crippen LogP contribution in [0.5, 0.6) is 0 Å². The summed E-state index contributed by atoms with van der Waals surface area (Å²) in [6, 6.07) is 0. The molecule has 0 fully saturated rings. The fourth-order valence-corrected chi connectivity index (χ4v) is 1.59. The van der Waals surface area contributed by atoms with Crippen molar-refractivity contribution in [2.45, 2.75) is 39.5 Å². The zero-order valence-corrected chi connectivity index (χ0v) is 9.47. The van der Waals surface area contributed by atoms with Crippen LogP contribution in [0.25, 0.3) is 0 Å². The Labute approximate surface area is 89.9 Å². The first-order valence-electron chi connectivity index (χ1n) is 5.53. The monoisotopic (exact) mass is 209 g/mol. The average molecular weight is 209 g/mol. The highest BCUT2D eigenvalue weighted by Crippen LogP contribution is 2.05. The van der Waals surface area contributed by atoms with Crippen molar-refractivity contribution in [3.63, 3.8) is 0 Å². The molecule has 1 aromatic heterocycles. The Morgan fingerprint density at radius 1 is 1.33 bits per heavy atom. The Balaban J connectivity index is 3.07. The van der Waals surface area contributed by atoms with Crippen molar-refractivity contribution in [1.82, 2.24) is 9.97 Å². The van der Waals surface area contributed by atoms with Crippen molar-refractivity contribution in [3.8, 4) is 0 Å². The molecule has 0 aliphatic heterocycles. The Hall–Kier alpha value is -1.16. The summed E-state index contributed by atoms with van der Waals surface area (Å²) >= 11 is 0. The molecule has 0 unspecified atom stereocenters. The highest BCUT2D eigenvalue weighted by Gasteiger charge is 2.08. The van der Waals surface area contributed by atoms with Crippen LogP contribution in [-0.4, -0.2) is 16.5 Å². The molecule has 84 valence electrons. The number of hydrogen-bond donors (Lipinski definition) is 2. The maximum Gasteiger partial charge on any atom is 0.254 e. The third-order valence-electron chi connectivity index (χ3n) is 2.45. The van der Waals surface area contributed by atoms with Gasteiger partial charge in [-0.05, 0) is 25.8 Å². The Bertz CT molecular complexity index is 371. The fraction of sp³-hybridized carbons (Fsp3) is 0.636. The van der Waals surface area contributed by atoms with Crippen molar-refractivity contribution < 1.29 is 0 Å². The van der Waals surface area contributed by atoms with E-state index >= 15 is 0 Å². The summed E-state index contributed by atoms with van der Waals surface area (Å²) < 4.78 is 0. The number of aromatic amines is 1. The summed E-state index contributed by atoms with van der Waals surface area (Å²) in [6.45, 7) is 4.61. The minimum atomic E-state index is 0.00662. The second-order valence-corrected chi connectivity index (χ2v) is 3.54. The molecule has 4 nitrogen and oxygen atoms in total. The van der Waals surface area contributed by atoms with E-state index < -0.39 is 0 Å². The van der Waals surface area contributed by atoms with Gasteiger partial charge in [-0.1, -0.05) is 13.8 Å². The van der Waals surface area contributed by atoms with Gasteiger partial charge < -0.3 is 10.7 Å². The Kier molecular flexibility index (Phi) is 4.49. The maximum atomic E-state index is 11.7. The van der Waals surface area contributed by atoms with Crippen molar-refractivity contribution >= 4 is 0 Å². The van der Waals surface area contributed by atoms with Crippen molar-refractivity contribution in [1.29, 1.82) is 0 Å². The molecule has 0 bridgehead atoms. The van der Waals surface area contributed by atoms with E-state index in [9.17, 15) is 4.79 Å². The molecule has 0 aliphatic rings. The van der Waals surface area contributed by atoms with Gasteiger partial charge in [0.2, 0.25) is 0 Å². The van der Waals surface area contributed by atoms with Crippen LogP contribution in [0, 0.1) is 0 Å². The molecule has 1 heterocycles. The lowest BCUT2D eigenvalue weighted by Crippen LogP contribution is -2.20. The van der Waals surface area contributed by atoms with Crippen LogP contribution in [0.15, 0.2) is 4.79 Å². The largest absolute Gasteiger partial charge is 0.330 e. The van der Waals surface area contributed by atoms with Crippen LogP contribution in [0.1, 0.15) is 37.4 Å². The van der Waals surface area contributed by atoms with E-state index in [1.165, 1.54) is 0 Å². The first-order valence-corrected chi connectivity index (χ1v) is 5.53. The number of rotatable bonds is 5. The van der Waals surface area contributed by atoms with E-state index in [1.807, 2.05) is 13.8 Å². The van der Waals surface area contributed by atoms with Gasteiger partial charge in [-0.15, -0.1) is 0 Å². The molecule has 1 aromatic rings. The van der Waals surface area contributed by atoms with Crippen molar-refractivity contribution in [2.75, 3.05) is 6.54 Å². The molecule has 3 N–H and O–H groups in total. The quantitative estimate of drug-likeness (QED) is 0.753. The van der Waals surface area contributed by atoms with E-state index in [2.05, 4.69) is 9.97 Å². The number of nitrogens with zero attached hydrogens (tertiary/aromatic N) is 1. The number of aromatic nitrogens is 2. The molecule has 15 heavy (non-hydrogen) atoms. The maximum absolute atomic E-state index is 11.7. The normalized spacial score (nSPS) is 10.6. The minimum absolute atomic E-state index is 0.00662. The van der Waals surface area contributed by atoms with Gasteiger partial charge in [-0.2, -0.15) is 0 Å². The highest BCUT2D eigenvalue weighted by atomic mass is 16.1. The van der Waals surface area contributed by atoms with Crippen molar-refractivity contribution in [2.24, 2.45) is 5.73 Å². The van der Waals surface area contributed by atoms with Crippen LogP contribution in [0.4, 0.5) is 0 Å². The third-order valence-corrected chi connectivity index (χ3v) is 2.45. The van der Waals surface area contributed by atoms with Crippen LogP contribution < -0.4 is 11.3 Å². The number of nitrogens with one attached hydrogen (secondary N) is 1. The lowest BCUT2D eigenvalue weighted by molar-refractivity contribution is 0.774. The molecular formula is C11H19N3O. The summed E-state index contributed by atoms with van der Waals surface area (Å²) in [6.07, 6.45) is 3.13. The van der Waals surface area contributed by atoms with Gasteiger partial charge in [0.15, 0.2) is 0 Å². The van der Waals surface area contributed by atoms with E-state index in [0.717, 1.165) is 42.8 Å². The van der Waals surface area contributed by atoms with Gasteiger partial charge in [-0.3, -0.25) is 4.79 Å².